The molecule has 9 heteroatoms. The zero-order valence-electron chi connectivity index (χ0n) is 23.0. The predicted octanol–water partition coefficient (Wildman–Crippen LogP) is 4.85. The first-order chi connectivity index (χ1) is 18.9. The van der Waals surface area contributed by atoms with Crippen LogP contribution in [-0.4, -0.2) is 61.1 Å². The third-order valence-corrected chi connectivity index (χ3v) is 7.98. The minimum Gasteiger partial charge on any atom is -0.496 e. The molecule has 1 aromatic heterocycles. The summed E-state index contributed by atoms with van der Waals surface area (Å²) in [4.78, 5) is 27.8. The molecule has 1 saturated heterocycles. The first kappa shape index (κ1) is 28.8. The molecule has 2 aromatic carbocycles. The van der Waals surface area contributed by atoms with Gasteiger partial charge < -0.3 is 30.6 Å². The third-order valence-electron chi connectivity index (χ3n) is 7.65. The van der Waals surface area contributed by atoms with Crippen LogP contribution in [0.1, 0.15) is 59.2 Å². The molecule has 0 bridgehead atoms. The van der Waals surface area contributed by atoms with Crippen molar-refractivity contribution in [1.82, 2.24) is 20.1 Å². The van der Waals surface area contributed by atoms with E-state index in [2.05, 4.69) is 15.5 Å². The minimum atomic E-state index is -0.190. The molecule has 0 spiro atoms. The Morgan fingerprint density at radius 3 is 2.51 bits per heavy atom. The number of nitrogens with one attached hydrogen (secondary N) is 2. The molecule has 8 nitrogen and oxygen atoms in total. The van der Waals surface area contributed by atoms with Gasteiger partial charge in [-0.05, 0) is 63.4 Å². The van der Waals surface area contributed by atoms with E-state index in [1.54, 1.807) is 12.1 Å². The van der Waals surface area contributed by atoms with Gasteiger partial charge in [0.15, 0.2) is 0 Å². The second-order valence-corrected chi connectivity index (χ2v) is 10.8. The number of nitrogens with two attached hydrogens (primary N) is 1. The number of para-hydroxylation sites is 1. The molecule has 0 radical (unpaired) electrons. The molecule has 1 aliphatic heterocycles. The van der Waals surface area contributed by atoms with Gasteiger partial charge in [-0.25, -0.2) is 0 Å². The maximum Gasteiger partial charge on any atom is 0.255 e. The number of nitrogens with zero attached hydrogens (tertiary/aromatic N) is 2. The zero-order chi connectivity index (χ0) is 27.8. The lowest BCUT2D eigenvalue weighted by Crippen LogP contribution is -2.39. The summed E-state index contributed by atoms with van der Waals surface area (Å²) in [6.45, 7) is 4.55. The average molecular weight is 554 g/mol. The molecule has 2 heterocycles. The van der Waals surface area contributed by atoms with Gasteiger partial charge in [-0.3, -0.25) is 9.59 Å². The fraction of sp³-hybridized carbons (Fsp3) is 0.467. The number of hydrogen-bond acceptors (Lipinski definition) is 5. The van der Waals surface area contributed by atoms with Crippen molar-refractivity contribution in [2.45, 2.75) is 38.5 Å². The number of ether oxygens (including phenoxy) is 1. The quantitative estimate of drug-likeness (QED) is 0.220. The monoisotopic (exact) mass is 553 g/mol. The van der Waals surface area contributed by atoms with E-state index in [0.29, 0.717) is 41.0 Å². The molecular weight excluding hydrogens is 514 g/mol. The Morgan fingerprint density at radius 2 is 1.74 bits per heavy atom. The van der Waals surface area contributed by atoms with Crippen LogP contribution in [0, 0.1) is 5.92 Å². The van der Waals surface area contributed by atoms with Gasteiger partial charge in [0.05, 0.1) is 28.9 Å². The van der Waals surface area contributed by atoms with Crippen LogP contribution in [0.25, 0.3) is 10.9 Å². The molecule has 3 aromatic rings. The van der Waals surface area contributed by atoms with Crippen molar-refractivity contribution in [3.05, 3.63) is 58.7 Å². The number of aryl methyl sites for hydroxylation is 1. The van der Waals surface area contributed by atoms with Crippen LogP contribution in [-0.2, 0) is 7.05 Å². The Hall–Kier alpha value is -3.23. The number of piperidine rings is 1. The number of hydrogen-bond donors (Lipinski definition) is 3. The topological polar surface area (TPSA) is 102 Å². The van der Waals surface area contributed by atoms with Crippen LogP contribution in [0.15, 0.2) is 42.6 Å². The molecule has 210 valence electrons. The van der Waals surface area contributed by atoms with Crippen LogP contribution in [0.5, 0.6) is 5.75 Å². The number of amides is 2. The lowest BCUT2D eigenvalue weighted by molar-refractivity contribution is 0.0930. The van der Waals surface area contributed by atoms with E-state index in [1.807, 2.05) is 42.1 Å². The third kappa shape index (κ3) is 7.46. The number of methoxy groups -OCH3 is 1. The molecule has 1 aliphatic rings. The van der Waals surface area contributed by atoms with Crippen molar-refractivity contribution >= 4 is 40.0 Å². The van der Waals surface area contributed by atoms with E-state index >= 15 is 0 Å². The molecule has 0 unspecified atom stereocenters. The number of likely N-dealkylation sites (tertiary alicyclic amines) is 1. The van der Waals surface area contributed by atoms with Crippen molar-refractivity contribution in [2.75, 3.05) is 45.6 Å². The lowest BCUT2D eigenvalue weighted by atomic mass is 9.96. The van der Waals surface area contributed by atoms with Crippen molar-refractivity contribution < 1.29 is 14.3 Å². The van der Waals surface area contributed by atoms with E-state index in [-0.39, 0.29) is 11.8 Å². The number of anilines is 1. The SMILES string of the molecule is COc1cc(N)c(Cl)cc1C(=O)NCC1CCN(CCCCCCNC(=O)c2cn(C)c3ccccc23)CC1. The van der Waals surface area contributed by atoms with E-state index in [4.69, 9.17) is 22.1 Å². The van der Waals surface area contributed by atoms with Crippen LogP contribution in [0.2, 0.25) is 5.02 Å². The van der Waals surface area contributed by atoms with Gasteiger partial charge in [-0.2, -0.15) is 0 Å². The number of carbonyl (C=O) groups excluding carboxylic acids is 2. The highest BCUT2D eigenvalue weighted by Crippen LogP contribution is 2.29. The lowest BCUT2D eigenvalue weighted by Gasteiger charge is -2.32. The van der Waals surface area contributed by atoms with Gasteiger partial charge in [0.1, 0.15) is 5.75 Å². The number of nitrogen functional groups attached to an aromatic ring is 1. The maximum atomic E-state index is 12.7. The number of rotatable bonds is 12. The summed E-state index contributed by atoms with van der Waals surface area (Å²) in [6, 6.07) is 11.1. The van der Waals surface area contributed by atoms with Crippen LogP contribution < -0.4 is 21.1 Å². The molecule has 0 saturated carbocycles. The fourth-order valence-corrected chi connectivity index (χ4v) is 5.46. The Morgan fingerprint density at radius 1 is 1.03 bits per heavy atom. The first-order valence-electron chi connectivity index (χ1n) is 13.8. The summed E-state index contributed by atoms with van der Waals surface area (Å²) >= 11 is 6.10. The summed E-state index contributed by atoms with van der Waals surface area (Å²) in [6.07, 6.45) is 8.46. The number of halogens is 1. The molecule has 0 atom stereocenters. The van der Waals surface area contributed by atoms with E-state index in [1.165, 1.54) is 7.11 Å². The summed E-state index contributed by atoms with van der Waals surface area (Å²) in [5.41, 5.74) is 8.42. The molecule has 39 heavy (non-hydrogen) atoms. The van der Waals surface area contributed by atoms with Crippen molar-refractivity contribution in [1.29, 1.82) is 0 Å². The average Bonchev–Trinajstić information content (AvgIpc) is 3.29. The fourth-order valence-electron chi connectivity index (χ4n) is 5.30. The van der Waals surface area contributed by atoms with E-state index in [9.17, 15) is 9.59 Å². The summed E-state index contributed by atoms with van der Waals surface area (Å²) in [5.74, 6) is 0.703. The van der Waals surface area contributed by atoms with Crippen LogP contribution in [0.3, 0.4) is 0 Å². The Kier molecular flexibility index (Phi) is 10.1. The number of aromatic nitrogens is 1. The molecule has 4 rings (SSSR count). The first-order valence-corrected chi connectivity index (χ1v) is 14.2. The Bertz CT molecular complexity index is 1280. The number of benzene rings is 2. The standard InChI is InChI=1S/C30H40ClN5O3/c1-35-20-24(22-9-5-6-10-27(22)35)30(38)33-13-7-3-4-8-14-36-15-11-21(12-16-36)19-34-29(37)23-17-25(31)26(32)18-28(23)39-2/h5-6,9-10,17-18,20-21H,3-4,7-8,11-16,19,32H2,1-2H3,(H,33,38)(H,34,37). The summed E-state index contributed by atoms with van der Waals surface area (Å²) < 4.78 is 7.29. The van der Waals surface area contributed by atoms with Crippen molar-refractivity contribution in [2.24, 2.45) is 13.0 Å². The largest absolute Gasteiger partial charge is 0.496 e. The normalized spacial score (nSPS) is 14.4. The number of fused-ring (bicyclic) bond motifs is 1. The highest BCUT2D eigenvalue weighted by atomic mass is 35.5. The van der Waals surface area contributed by atoms with Gasteiger partial charge in [0.2, 0.25) is 0 Å². The molecule has 2 amide bonds. The highest BCUT2D eigenvalue weighted by Gasteiger charge is 2.21. The van der Waals surface area contributed by atoms with Gasteiger partial charge >= 0.3 is 0 Å². The second kappa shape index (κ2) is 13.7. The van der Waals surface area contributed by atoms with E-state index < -0.39 is 0 Å². The van der Waals surface area contributed by atoms with Gasteiger partial charge in [-0.15, -0.1) is 0 Å². The number of carbonyl (C=O) groups is 2. The van der Waals surface area contributed by atoms with E-state index in [0.717, 1.165) is 74.6 Å². The van der Waals surface area contributed by atoms with Gasteiger partial charge in [-0.1, -0.05) is 42.6 Å². The predicted molar refractivity (Wildman–Crippen MR) is 158 cm³/mol. The summed E-state index contributed by atoms with van der Waals surface area (Å²) in [5, 5.41) is 7.46. The van der Waals surface area contributed by atoms with Crippen molar-refractivity contribution in [3.8, 4) is 5.75 Å². The minimum absolute atomic E-state index is 0.00209. The second-order valence-electron chi connectivity index (χ2n) is 10.4. The Balaban J connectivity index is 1.07. The molecule has 0 aliphatic carbocycles. The maximum absolute atomic E-state index is 12.7. The molecule has 1 fully saturated rings. The van der Waals surface area contributed by atoms with Crippen LogP contribution in [0.4, 0.5) is 5.69 Å². The zero-order valence-corrected chi connectivity index (χ0v) is 23.7. The number of unbranched alkanes of at least 4 members (excludes halogenated alkanes) is 3. The van der Waals surface area contributed by atoms with Gasteiger partial charge in [0, 0.05) is 43.3 Å². The van der Waals surface area contributed by atoms with Crippen LogP contribution >= 0.6 is 11.6 Å². The molecule has 4 N–H and O–H groups in total. The van der Waals surface area contributed by atoms with Crippen molar-refractivity contribution in [3.63, 3.8) is 0 Å². The highest BCUT2D eigenvalue weighted by molar-refractivity contribution is 6.33. The summed E-state index contributed by atoms with van der Waals surface area (Å²) in [7, 11) is 3.48. The Labute approximate surface area is 235 Å². The smallest absolute Gasteiger partial charge is 0.255 e. The van der Waals surface area contributed by atoms with Gasteiger partial charge in [0.25, 0.3) is 11.8 Å². The molecular formula is C30H40ClN5O3.